The molecule has 1 aromatic rings. The van der Waals surface area contributed by atoms with Crippen molar-refractivity contribution in [3.63, 3.8) is 0 Å². The predicted octanol–water partition coefficient (Wildman–Crippen LogP) is 3.11. The van der Waals surface area contributed by atoms with Crippen LogP contribution in [0.3, 0.4) is 0 Å². The largest absolute Gasteiger partial charge is 0.442 e. The van der Waals surface area contributed by atoms with Crippen molar-refractivity contribution < 1.29 is 36.2 Å². The number of halogens is 7. The molecule has 1 atom stereocenters. The van der Waals surface area contributed by atoms with E-state index in [1.54, 1.807) is 0 Å². The summed E-state index contributed by atoms with van der Waals surface area (Å²) in [6.07, 6.45) is -11.2. The lowest BCUT2D eigenvalue weighted by Crippen LogP contribution is -2.60. The Morgan fingerprint density at radius 2 is 1.83 bits per heavy atom. The van der Waals surface area contributed by atoms with E-state index in [2.05, 4.69) is 15.9 Å². The Bertz CT molecular complexity index is 672. The molecule has 0 bridgehead atoms. The van der Waals surface area contributed by atoms with Crippen molar-refractivity contribution in [1.82, 2.24) is 10.4 Å². The van der Waals surface area contributed by atoms with Crippen molar-refractivity contribution in [3.8, 4) is 0 Å². The second kappa shape index (κ2) is 5.41. The van der Waals surface area contributed by atoms with Crippen molar-refractivity contribution >= 4 is 21.8 Å². The summed E-state index contributed by atoms with van der Waals surface area (Å²) in [7, 11) is 0. The standard InChI is InChI=1S/C12H7BrF6N2O2/c13-7-3-1-2-6(4-7)9(22)21-10(23,12(17,18)19)5-8(20-21)11(14,15)16/h1-5,20,23H/t10-/m0/s1. The number of alkyl halides is 6. The van der Waals surface area contributed by atoms with E-state index in [4.69, 9.17) is 0 Å². The Balaban J connectivity index is 2.47. The number of nitrogens with zero attached hydrogens (tertiary/aromatic N) is 1. The van der Waals surface area contributed by atoms with E-state index in [0.717, 1.165) is 12.1 Å². The number of aliphatic hydroxyl groups is 1. The molecule has 0 radical (unpaired) electrons. The molecule has 1 aromatic carbocycles. The van der Waals surface area contributed by atoms with E-state index in [0.29, 0.717) is 4.47 Å². The summed E-state index contributed by atoms with van der Waals surface area (Å²) in [5.41, 5.74) is -5.09. The summed E-state index contributed by atoms with van der Waals surface area (Å²) in [5, 5.41) is 9.15. The second-order valence-corrected chi connectivity index (χ2v) is 5.46. The number of nitrogens with one attached hydrogen (secondary N) is 1. The summed E-state index contributed by atoms with van der Waals surface area (Å²) < 4.78 is 77.3. The van der Waals surface area contributed by atoms with Crippen LogP contribution in [0.5, 0.6) is 0 Å². The molecule has 0 aromatic heterocycles. The SMILES string of the molecule is O=C(c1cccc(Br)c1)N1NC(C(F)(F)F)=C[C@]1(O)C(F)(F)F. The van der Waals surface area contributed by atoms with Crippen LogP contribution in [0.2, 0.25) is 0 Å². The fourth-order valence-electron chi connectivity index (χ4n) is 1.81. The van der Waals surface area contributed by atoms with Gasteiger partial charge in [0.2, 0.25) is 0 Å². The Labute approximate surface area is 133 Å². The first-order chi connectivity index (χ1) is 10.4. The van der Waals surface area contributed by atoms with Gasteiger partial charge in [-0.25, -0.2) is 5.01 Å². The Hall–Kier alpha value is -1.75. The van der Waals surface area contributed by atoms with E-state index in [1.165, 1.54) is 17.6 Å². The Morgan fingerprint density at radius 1 is 1.22 bits per heavy atom. The van der Waals surface area contributed by atoms with Gasteiger partial charge >= 0.3 is 12.4 Å². The molecule has 0 saturated heterocycles. The van der Waals surface area contributed by atoms with Gasteiger partial charge in [-0.05, 0) is 18.2 Å². The van der Waals surface area contributed by atoms with Crippen molar-refractivity contribution in [2.75, 3.05) is 0 Å². The summed E-state index contributed by atoms with van der Waals surface area (Å²) in [4.78, 5) is 12.1. The van der Waals surface area contributed by atoms with Gasteiger partial charge < -0.3 is 5.11 Å². The van der Waals surface area contributed by atoms with Crippen LogP contribution in [-0.4, -0.2) is 34.1 Å². The molecular weight excluding hydrogens is 398 g/mol. The highest BCUT2D eigenvalue weighted by Gasteiger charge is 2.64. The number of allylic oxidation sites excluding steroid dienone is 1. The number of rotatable bonds is 1. The van der Waals surface area contributed by atoms with Crippen LogP contribution in [0.15, 0.2) is 40.5 Å². The highest BCUT2D eigenvalue weighted by molar-refractivity contribution is 9.10. The van der Waals surface area contributed by atoms with Crippen molar-refractivity contribution in [3.05, 3.63) is 46.1 Å². The van der Waals surface area contributed by atoms with Gasteiger partial charge in [-0.1, -0.05) is 22.0 Å². The van der Waals surface area contributed by atoms with E-state index < -0.39 is 40.8 Å². The molecule has 2 rings (SSSR count). The zero-order valence-corrected chi connectivity index (χ0v) is 12.4. The Kier molecular flexibility index (Phi) is 4.14. The van der Waals surface area contributed by atoms with Gasteiger partial charge in [0.05, 0.1) is 0 Å². The van der Waals surface area contributed by atoms with Crippen LogP contribution in [0.1, 0.15) is 10.4 Å². The van der Waals surface area contributed by atoms with Crippen LogP contribution < -0.4 is 5.43 Å². The summed E-state index contributed by atoms with van der Waals surface area (Å²) >= 11 is 2.98. The number of hydrogen-bond donors (Lipinski definition) is 2. The molecule has 2 N–H and O–H groups in total. The maximum Gasteiger partial charge on any atom is 0.442 e. The number of amides is 1. The van der Waals surface area contributed by atoms with E-state index in [1.807, 2.05) is 0 Å². The van der Waals surface area contributed by atoms with Gasteiger partial charge in [-0.15, -0.1) is 0 Å². The quantitative estimate of drug-likeness (QED) is 0.707. The number of carbonyl (C=O) groups is 1. The lowest BCUT2D eigenvalue weighted by atomic mass is 10.1. The topological polar surface area (TPSA) is 52.6 Å². The lowest BCUT2D eigenvalue weighted by molar-refractivity contribution is -0.283. The van der Waals surface area contributed by atoms with Crippen molar-refractivity contribution in [2.45, 2.75) is 18.1 Å². The summed E-state index contributed by atoms with van der Waals surface area (Å²) in [6.45, 7) is 0. The number of hydrogen-bond acceptors (Lipinski definition) is 3. The minimum Gasteiger partial charge on any atom is -0.359 e. The molecule has 1 aliphatic heterocycles. The van der Waals surface area contributed by atoms with Crippen LogP contribution >= 0.6 is 15.9 Å². The summed E-state index contributed by atoms with van der Waals surface area (Å²) in [6, 6.07) is 4.96. The molecule has 4 nitrogen and oxygen atoms in total. The Morgan fingerprint density at radius 3 is 2.30 bits per heavy atom. The lowest BCUT2D eigenvalue weighted by Gasteiger charge is -2.33. The smallest absolute Gasteiger partial charge is 0.359 e. The fourth-order valence-corrected chi connectivity index (χ4v) is 2.21. The van der Waals surface area contributed by atoms with Gasteiger partial charge in [-0.3, -0.25) is 10.2 Å². The number of hydrazine groups is 1. The third-order valence-corrected chi connectivity index (χ3v) is 3.41. The third kappa shape index (κ3) is 3.15. The molecule has 1 aliphatic rings. The molecule has 0 unspecified atom stereocenters. The first-order valence-electron chi connectivity index (χ1n) is 5.82. The van der Waals surface area contributed by atoms with Gasteiger partial charge in [0.25, 0.3) is 11.6 Å². The monoisotopic (exact) mass is 404 g/mol. The average Bonchev–Trinajstić information content (AvgIpc) is 2.77. The molecule has 1 heterocycles. The molecular formula is C12H7BrF6N2O2. The molecule has 1 amide bonds. The maximum absolute atomic E-state index is 13.0. The van der Waals surface area contributed by atoms with Gasteiger partial charge in [-0.2, -0.15) is 26.3 Å². The molecule has 126 valence electrons. The second-order valence-electron chi connectivity index (χ2n) is 4.54. The first-order valence-corrected chi connectivity index (χ1v) is 6.61. The van der Waals surface area contributed by atoms with Crippen molar-refractivity contribution in [2.24, 2.45) is 0 Å². The molecule has 0 spiro atoms. The highest BCUT2D eigenvalue weighted by atomic mass is 79.9. The molecule has 0 fully saturated rings. The van der Waals surface area contributed by atoms with E-state index >= 15 is 0 Å². The van der Waals surface area contributed by atoms with Crippen LogP contribution in [-0.2, 0) is 0 Å². The molecule has 23 heavy (non-hydrogen) atoms. The van der Waals surface area contributed by atoms with Gasteiger partial charge in [0.15, 0.2) is 0 Å². The minimum absolute atomic E-state index is 0.321. The number of carbonyl (C=O) groups excluding carboxylic acids is 1. The zero-order valence-electron chi connectivity index (χ0n) is 10.8. The summed E-state index contributed by atoms with van der Waals surface area (Å²) in [5.74, 6) is -1.48. The minimum atomic E-state index is -5.55. The van der Waals surface area contributed by atoms with E-state index in [-0.39, 0.29) is 5.56 Å². The maximum atomic E-state index is 13.0. The highest BCUT2D eigenvalue weighted by Crippen LogP contribution is 2.41. The molecule has 0 aliphatic carbocycles. The van der Waals surface area contributed by atoms with Crippen molar-refractivity contribution in [1.29, 1.82) is 0 Å². The third-order valence-electron chi connectivity index (χ3n) is 2.92. The predicted molar refractivity (Wildman–Crippen MR) is 68.6 cm³/mol. The normalized spacial score (nSPS) is 21.9. The zero-order chi connectivity index (χ0) is 17.6. The molecule has 11 heteroatoms. The van der Waals surface area contributed by atoms with Gasteiger partial charge in [0, 0.05) is 16.1 Å². The van der Waals surface area contributed by atoms with Crippen LogP contribution in [0.25, 0.3) is 0 Å². The number of benzene rings is 1. The molecule has 0 saturated carbocycles. The van der Waals surface area contributed by atoms with Crippen LogP contribution in [0.4, 0.5) is 26.3 Å². The van der Waals surface area contributed by atoms with Crippen LogP contribution in [0, 0.1) is 0 Å². The van der Waals surface area contributed by atoms with Gasteiger partial charge in [0.1, 0.15) is 5.70 Å². The first kappa shape index (κ1) is 17.6. The average molecular weight is 405 g/mol. The fraction of sp³-hybridized carbons (Fsp3) is 0.250. The van der Waals surface area contributed by atoms with E-state index in [9.17, 15) is 36.2 Å².